The molecule has 6 heterocycles. The van der Waals surface area contributed by atoms with Crippen molar-refractivity contribution in [1.29, 1.82) is 0 Å². The predicted molar refractivity (Wildman–Crippen MR) is 136 cm³/mol. The minimum Gasteiger partial charge on any atom is -0.487 e. The first-order chi connectivity index (χ1) is 17.8. The second-order valence-electron chi connectivity index (χ2n) is 11.3. The minimum atomic E-state index is -0.458. The molecule has 1 fully saturated rings. The highest BCUT2D eigenvalue weighted by Crippen LogP contribution is 2.43. The van der Waals surface area contributed by atoms with E-state index in [2.05, 4.69) is 42.1 Å². The summed E-state index contributed by atoms with van der Waals surface area (Å²) in [5, 5.41) is 3.27. The van der Waals surface area contributed by atoms with E-state index < -0.39 is 11.8 Å². The lowest BCUT2D eigenvalue weighted by molar-refractivity contribution is -0.133. The summed E-state index contributed by atoms with van der Waals surface area (Å²) in [7, 11) is 0. The van der Waals surface area contributed by atoms with Crippen molar-refractivity contribution in [3.8, 4) is 11.5 Å². The molecule has 2 amide bonds. The summed E-state index contributed by atoms with van der Waals surface area (Å²) < 4.78 is 12.4. The van der Waals surface area contributed by atoms with Crippen LogP contribution < -0.4 is 25.6 Å². The molecule has 37 heavy (non-hydrogen) atoms. The quantitative estimate of drug-likeness (QED) is 0.512. The van der Waals surface area contributed by atoms with E-state index in [1.165, 1.54) is 5.56 Å². The number of aryl methyl sites for hydroxylation is 1. The summed E-state index contributed by atoms with van der Waals surface area (Å²) in [4.78, 5) is 33.5. The number of hydrazine groups is 1. The smallest absolute Gasteiger partial charge is 0.251 e. The van der Waals surface area contributed by atoms with Gasteiger partial charge in [-0.05, 0) is 62.9 Å². The number of nitrogens with one attached hydrogen (secondary N) is 3. The van der Waals surface area contributed by atoms with E-state index in [9.17, 15) is 9.59 Å². The van der Waals surface area contributed by atoms with Crippen molar-refractivity contribution in [1.82, 2.24) is 21.1 Å². The van der Waals surface area contributed by atoms with Crippen molar-refractivity contribution in [2.75, 3.05) is 0 Å². The molecule has 2 aromatic rings. The van der Waals surface area contributed by atoms with Gasteiger partial charge in [-0.1, -0.05) is 18.6 Å². The van der Waals surface area contributed by atoms with Crippen molar-refractivity contribution in [2.45, 2.75) is 82.3 Å². The Morgan fingerprint density at radius 1 is 1.05 bits per heavy atom. The number of guanidine groups is 1. The monoisotopic (exact) mass is 501 g/mol. The predicted octanol–water partition coefficient (Wildman–Crippen LogP) is 3.27. The van der Waals surface area contributed by atoms with Gasteiger partial charge in [-0.3, -0.25) is 19.9 Å². The lowest BCUT2D eigenvalue weighted by Gasteiger charge is -2.41. The Morgan fingerprint density at radius 3 is 2.81 bits per heavy atom. The third-order valence-electron chi connectivity index (χ3n) is 8.04. The molecule has 0 spiro atoms. The number of rotatable bonds is 0. The van der Waals surface area contributed by atoms with Crippen LogP contribution >= 0.6 is 0 Å². The molecule has 9 heteroatoms. The number of benzene rings is 2. The molecule has 0 aliphatic carbocycles. The third kappa shape index (κ3) is 3.83. The third-order valence-corrected chi connectivity index (χ3v) is 8.04. The van der Waals surface area contributed by atoms with Crippen LogP contribution in [0.4, 0.5) is 0 Å². The van der Waals surface area contributed by atoms with Crippen LogP contribution in [0.5, 0.6) is 11.5 Å². The molecule has 8 bridgehead atoms. The van der Waals surface area contributed by atoms with E-state index in [0.29, 0.717) is 30.1 Å². The van der Waals surface area contributed by atoms with Gasteiger partial charge in [0.05, 0.1) is 12.1 Å². The van der Waals surface area contributed by atoms with Gasteiger partial charge in [0.2, 0.25) is 11.9 Å². The Hall–Kier alpha value is -3.59. The van der Waals surface area contributed by atoms with E-state index >= 15 is 0 Å². The molecule has 0 radical (unpaired) electrons. The van der Waals surface area contributed by atoms with Gasteiger partial charge in [0.1, 0.15) is 23.1 Å². The number of carbonyl (C=O) groups excluding carboxylic acids is 2. The van der Waals surface area contributed by atoms with Crippen LogP contribution in [-0.4, -0.2) is 40.5 Å². The molecule has 3 N–H and O–H groups in total. The molecular weight excluding hydrogens is 470 g/mol. The Kier molecular flexibility index (Phi) is 5.01. The van der Waals surface area contributed by atoms with Crippen molar-refractivity contribution in [3.63, 3.8) is 0 Å². The van der Waals surface area contributed by atoms with Crippen LogP contribution in [0.1, 0.15) is 85.1 Å². The Balaban J connectivity index is 1.30. The fraction of sp³-hybridized carbons (Fsp3) is 0.464. The molecule has 9 nitrogen and oxygen atoms in total. The topological polar surface area (TPSA) is 104 Å². The molecular formula is C28H31N5O4. The second kappa shape index (κ2) is 8.21. The second-order valence-corrected chi connectivity index (χ2v) is 11.3. The van der Waals surface area contributed by atoms with Crippen LogP contribution in [0.3, 0.4) is 0 Å². The number of aliphatic imine (C=N–C) groups is 1. The molecule has 4 atom stereocenters. The van der Waals surface area contributed by atoms with Crippen LogP contribution in [0.15, 0.2) is 41.4 Å². The molecule has 6 aliphatic rings. The Bertz CT molecular complexity index is 1340. The van der Waals surface area contributed by atoms with Gasteiger partial charge in [-0.2, -0.15) is 5.43 Å². The van der Waals surface area contributed by atoms with E-state index in [1.807, 2.05) is 18.2 Å². The van der Waals surface area contributed by atoms with Crippen molar-refractivity contribution in [3.05, 3.63) is 58.7 Å². The summed E-state index contributed by atoms with van der Waals surface area (Å²) in [5.41, 5.74) is 9.44. The Morgan fingerprint density at radius 2 is 1.92 bits per heavy atom. The fourth-order valence-corrected chi connectivity index (χ4v) is 6.29. The van der Waals surface area contributed by atoms with Gasteiger partial charge in [0.15, 0.2) is 6.23 Å². The van der Waals surface area contributed by atoms with Crippen molar-refractivity contribution >= 4 is 17.8 Å². The maximum atomic E-state index is 13.6. The molecule has 0 saturated carbocycles. The van der Waals surface area contributed by atoms with Crippen molar-refractivity contribution < 1.29 is 19.1 Å². The molecule has 192 valence electrons. The summed E-state index contributed by atoms with van der Waals surface area (Å²) in [6, 6.07) is 11.2. The van der Waals surface area contributed by atoms with Crippen LogP contribution in [0.2, 0.25) is 0 Å². The maximum absolute atomic E-state index is 13.6. The number of amides is 2. The standard InChI is InChI=1S/C28H31N5O4/c1-28(2)14-20-18-11-15(7-9-22(18)37-28)5-3-4-6-17-13-23(34)33-24-19-12-16(25(35)30-20)8-10-21(19)36-26(24)31-32-27(33)29-17/h7-12,17,20,24,26,31H,3-6,13-14H2,1-2H3,(H,29,32)(H,30,35)/t17?,20?,24-,26?/m0/s1. The number of fused-ring (bicyclic) bond motifs is 5. The average Bonchev–Trinajstić information content (AvgIpc) is 3.23. The van der Waals surface area contributed by atoms with Gasteiger partial charge in [0, 0.05) is 29.5 Å². The Labute approximate surface area is 215 Å². The highest BCUT2D eigenvalue weighted by Gasteiger charge is 2.48. The highest BCUT2D eigenvalue weighted by molar-refractivity contribution is 6.00. The van der Waals surface area contributed by atoms with Gasteiger partial charge in [0.25, 0.3) is 5.91 Å². The minimum absolute atomic E-state index is 0.0242. The van der Waals surface area contributed by atoms with Crippen LogP contribution in [-0.2, 0) is 11.2 Å². The lowest BCUT2D eigenvalue weighted by Crippen LogP contribution is -2.65. The van der Waals surface area contributed by atoms with Crippen LogP contribution in [0, 0.1) is 0 Å². The number of hydrogen-bond acceptors (Lipinski definition) is 7. The zero-order valence-electron chi connectivity index (χ0n) is 21.0. The summed E-state index contributed by atoms with van der Waals surface area (Å²) in [5.74, 6) is 1.88. The summed E-state index contributed by atoms with van der Waals surface area (Å²) in [6.45, 7) is 4.11. The van der Waals surface area contributed by atoms with Gasteiger partial charge in [-0.15, -0.1) is 0 Å². The largest absolute Gasteiger partial charge is 0.487 e. The number of carbonyl (C=O) groups is 2. The van der Waals surface area contributed by atoms with Gasteiger partial charge in [-0.25, -0.2) is 4.99 Å². The van der Waals surface area contributed by atoms with Crippen LogP contribution in [0.25, 0.3) is 0 Å². The zero-order chi connectivity index (χ0) is 25.3. The van der Waals surface area contributed by atoms with E-state index in [-0.39, 0.29) is 29.9 Å². The molecule has 0 aromatic heterocycles. The fourth-order valence-electron chi connectivity index (χ4n) is 6.29. The first-order valence-corrected chi connectivity index (χ1v) is 13.2. The van der Waals surface area contributed by atoms with E-state index in [0.717, 1.165) is 42.6 Å². The molecule has 6 aliphatic heterocycles. The first kappa shape index (κ1) is 22.6. The molecule has 3 unspecified atom stereocenters. The van der Waals surface area contributed by atoms with E-state index in [1.54, 1.807) is 11.0 Å². The van der Waals surface area contributed by atoms with Crippen molar-refractivity contribution in [2.24, 2.45) is 4.99 Å². The van der Waals surface area contributed by atoms with E-state index in [4.69, 9.17) is 14.5 Å². The van der Waals surface area contributed by atoms with Gasteiger partial charge < -0.3 is 14.8 Å². The summed E-state index contributed by atoms with van der Waals surface area (Å²) >= 11 is 0. The highest BCUT2D eigenvalue weighted by atomic mass is 16.5. The van der Waals surface area contributed by atoms with Gasteiger partial charge >= 0.3 is 0 Å². The number of nitrogens with zero attached hydrogens (tertiary/aromatic N) is 2. The first-order valence-electron chi connectivity index (χ1n) is 13.2. The molecule has 2 aromatic carbocycles. The average molecular weight is 502 g/mol. The normalized spacial score (nSPS) is 29.4. The SMILES string of the molecule is CC1(C)CC2NC(=O)c3ccc4c(c3)[C@H]3C(NNC5=NC(CCCCc6ccc(c2c6)O1)CC(=O)N53)O4. The lowest BCUT2D eigenvalue weighted by atomic mass is 9.88. The molecule has 8 rings (SSSR count). The maximum Gasteiger partial charge on any atom is 0.251 e. The summed E-state index contributed by atoms with van der Waals surface area (Å²) in [6.07, 6.45) is 4.35. The number of hydrogen-bond donors (Lipinski definition) is 3. The number of ether oxygens (including phenoxy) is 2. The zero-order valence-corrected chi connectivity index (χ0v) is 21.0. The molecule has 1 saturated heterocycles.